The van der Waals surface area contributed by atoms with Crippen molar-refractivity contribution >= 4 is 16.7 Å². The number of amides is 1. The van der Waals surface area contributed by atoms with Crippen LogP contribution in [0.5, 0.6) is 0 Å². The zero-order valence-electron chi connectivity index (χ0n) is 17.4. The fourth-order valence-corrected chi connectivity index (χ4v) is 6.84. The fraction of sp³-hybridized carbons (Fsp3) is 0.560. The van der Waals surface area contributed by atoms with Gasteiger partial charge in [0.2, 0.25) is 5.91 Å². The molecule has 154 valence electrons. The number of nitrogens with one attached hydrogen (secondary N) is 1. The van der Waals surface area contributed by atoms with Crippen LogP contribution in [0.4, 0.5) is 0 Å². The molecule has 5 rings (SSSR count). The molecule has 1 heterocycles. The highest BCUT2D eigenvalue weighted by Crippen LogP contribution is 2.70. The molecule has 2 bridgehead atoms. The van der Waals surface area contributed by atoms with Crippen molar-refractivity contribution in [3.05, 3.63) is 48.0 Å². The van der Waals surface area contributed by atoms with Crippen LogP contribution in [0.2, 0.25) is 0 Å². The van der Waals surface area contributed by atoms with Gasteiger partial charge in [0.25, 0.3) is 0 Å². The summed E-state index contributed by atoms with van der Waals surface area (Å²) in [5, 5.41) is 15.0. The third-order valence-electron chi connectivity index (χ3n) is 8.25. The van der Waals surface area contributed by atoms with E-state index in [1.165, 1.54) is 22.8 Å². The molecule has 2 saturated carbocycles. The molecule has 3 aliphatic rings. The molecule has 1 spiro atoms. The third kappa shape index (κ3) is 2.83. The topological polar surface area (TPSA) is 58.6 Å². The Labute approximate surface area is 172 Å². The molecular formula is C25H31NO3. The van der Waals surface area contributed by atoms with Gasteiger partial charge in [0, 0.05) is 19.1 Å². The third-order valence-corrected chi connectivity index (χ3v) is 8.25. The number of aliphatic hydroxyl groups is 1. The van der Waals surface area contributed by atoms with E-state index in [9.17, 15) is 9.90 Å². The smallest absolute Gasteiger partial charge is 0.222 e. The van der Waals surface area contributed by atoms with E-state index in [4.69, 9.17) is 4.74 Å². The Kier molecular flexibility index (Phi) is 4.48. The van der Waals surface area contributed by atoms with Crippen LogP contribution < -0.4 is 5.32 Å². The molecule has 4 nitrogen and oxygen atoms in total. The Morgan fingerprint density at radius 3 is 2.79 bits per heavy atom. The molecule has 1 saturated heterocycles. The van der Waals surface area contributed by atoms with Crippen LogP contribution in [0.15, 0.2) is 42.5 Å². The van der Waals surface area contributed by atoms with Crippen LogP contribution in [0.3, 0.4) is 0 Å². The summed E-state index contributed by atoms with van der Waals surface area (Å²) in [5.74, 6) is 0.992. The van der Waals surface area contributed by atoms with E-state index in [1.54, 1.807) is 0 Å². The van der Waals surface area contributed by atoms with Crippen molar-refractivity contribution in [2.45, 2.75) is 51.7 Å². The van der Waals surface area contributed by atoms with Gasteiger partial charge in [-0.1, -0.05) is 50.2 Å². The number of fused-ring (bicyclic) bond motifs is 2. The zero-order valence-corrected chi connectivity index (χ0v) is 17.4. The van der Waals surface area contributed by atoms with Crippen molar-refractivity contribution in [1.82, 2.24) is 5.32 Å². The van der Waals surface area contributed by atoms with Gasteiger partial charge < -0.3 is 15.2 Å². The summed E-state index contributed by atoms with van der Waals surface area (Å²) in [4.78, 5) is 12.4. The average Bonchev–Trinajstić information content (AvgIpc) is 3.20. The number of ether oxygens (including phenoxy) is 1. The largest absolute Gasteiger partial charge is 0.396 e. The molecule has 0 radical (unpaired) electrons. The summed E-state index contributed by atoms with van der Waals surface area (Å²) in [7, 11) is 0. The summed E-state index contributed by atoms with van der Waals surface area (Å²) in [6, 6.07) is 15.3. The van der Waals surface area contributed by atoms with Crippen LogP contribution in [-0.4, -0.2) is 30.3 Å². The summed E-state index contributed by atoms with van der Waals surface area (Å²) in [6.07, 6.45) is 3.61. The molecular weight excluding hydrogens is 362 g/mol. The van der Waals surface area contributed by atoms with E-state index >= 15 is 0 Å². The van der Waals surface area contributed by atoms with Crippen molar-refractivity contribution < 1.29 is 14.6 Å². The highest BCUT2D eigenvalue weighted by atomic mass is 16.5. The van der Waals surface area contributed by atoms with Crippen LogP contribution in [0.25, 0.3) is 10.8 Å². The van der Waals surface area contributed by atoms with Gasteiger partial charge in [-0.2, -0.15) is 0 Å². The highest BCUT2D eigenvalue weighted by molar-refractivity contribution is 5.83. The molecule has 5 atom stereocenters. The van der Waals surface area contributed by atoms with Gasteiger partial charge in [-0.15, -0.1) is 0 Å². The standard InChI is InChI=1S/C25H31NO3/c1-24(2)19-14-20-22(18-8-7-16-5-3-4-6-17(16)13-18)29-12-10-25(20,15-19)23(24)26-21(28)9-11-27/h3-8,13,19-20,22-23,27H,9-12,14-15H2,1-2H3,(H,26,28)/t19-,20-,22-,23+,25?/m1/s1. The monoisotopic (exact) mass is 393 g/mol. The van der Waals surface area contributed by atoms with E-state index in [1.807, 2.05) is 0 Å². The summed E-state index contributed by atoms with van der Waals surface area (Å²) >= 11 is 0. The van der Waals surface area contributed by atoms with Gasteiger partial charge in [0.15, 0.2) is 0 Å². The molecule has 2 aromatic rings. The second-order valence-electron chi connectivity index (χ2n) is 9.92. The van der Waals surface area contributed by atoms with Gasteiger partial charge in [-0.05, 0) is 64.3 Å². The van der Waals surface area contributed by atoms with E-state index in [-0.39, 0.29) is 41.9 Å². The number of carbonyl (C=O) groups is 1. The Morgan fingerprint density at radius 2 is 2.00 bits per heavy atom. The Hall–Kier alpha value is -1.91. The van der Waals surface area contributed by atoms with Gasteiger partial charge >= 0.3 is 0 Å². The second-order valence-corrected chi connectivity index (χ2v) is 9.92. The lowest BCUT2D eigenvalue weighted by atomic mass is 9.58. The fourth-order valence-electron chi connectivity index (χ4n) is 6.84. The Bertz CT molecular complexity index is 939. The number of rotatable bonds is 4. The molecule has 1 unspecified atom stereocenters. The van der Waals surface area contributed by atoms with E-state index in [0.29, 0.717) is 11.8 Å². The van der Waals surface area contributed by atoms with Crippen LogP contribution in [-0.2, 0) is 9.53 Å². The number of aliphatic hydroxyl groups excluding tert-OH is 1. The van der Waals surface area contributed by atoms with Crippen molar-refractivity contribution in [1.29, 1.82) is 0 Å². The van der Waals surface area contributed by atoms with E-state index in [2.05, 4.69) is 61.6 Å². The quantitative estimate of drug-likeness (QED) is 0.818. The number of hydrogen-bond donors (Lipinski definition) is 2. The molecule has 2 aromatic carbocycles. The summed E-state index contributed by atoms with van der Waals surface area (Å²) < 4.78 is 6.39. The second kappa shape index (κ2) is 6.82. The highest BCUT2D eigenvalue weighted by Gasteiger charge is 2.68. The minimum absolute atomic E-state index is 0.0278. The lowest BCUT2D eigenvalue weighted by Crippen LogP contribution is -2.59. The van der Waals surface area contributed by atoms with Gasteiger partial charge in [-0.25, -0.2) is 0 Å². The molecule has 1 amide bonds. The van der Waals surface area contributed by atoms with Crippen LogP contribution in [0.1, 0.15) is 51.2 Å². The molecule has 3 fully saturated rings. The van der Waals surface area contributed by atoms with Crippen LogP contribution >= 0.6 is 0 Å². The Morgan fingerprint density at radius 1 is 1.21 bits per heavy atom. The molecule has 2 aliphatic carbocycles. The van der Waals surface area contributed by atoms with Crippen LogP contribution in [0, 0.1) is 22.7 Å². The van der Waals surface area contributed by atoms with Crippen molar-refractivity contribution in [2.24, 2.45) is 22.7 Å². The van der Waals surface area contributed by atoms with E-state index < -0.39 is 0 Å². The number of hydrogen-bond acceptors (Lipinski definition) is 3. The number of benzene rings is 2. The predicted octanol–water partition coefficient (Wildman–Crippen LogP) is 4.22. The maximum atomic E-state index is 12.4. The maximum absolute atomic E-state index is 12.4. The van der Waals surface area contributed by atoms with E-state index in [0.717, 1.165) is 19.4 Å². The van der Waals surface area contributed by atoms with Gasteiger partial charge in [-0.3, -0.25) is 4.79 Å². The van der Waals surface area contributed by atoms with Crippen molar-refractivity contribution in [2.75, 3.05) is 13.2 Å². The first-order valence-electron chi connectivity index (χ1n) is 11.0. The first-order valence-corrected chi connectivity index (χ1v) is 11.0. The molecule has 1 aliphatic heterocycles. The molecule has 2 N–H and O–H groups in total. The minimum atomic E-state index is -0.0956. The van der Waals surface area contributed by atoms with Gasteiger partial charge in [0.05, 0.1) is 12.7 Å². The maximum Gasteiger partial charge on any atom is 0.222 e. The summed E-state index contributed by atoms with van der Waals surface area (Å²) in [6.45, 7) is 5.27. The first-order chi connectivity index (χ1) is 14.0. The number of carbonyl (C=O) groups excluding carboxylic acids is 1. The lowest BCUT2D eigenvalue weighted by molar-refractivity contribution is -0.137. The predicted molar refractivity (Wildman–Crippen MR) is 113 cm³/mol. The van der Waals surface area contributed by atoms with Crippen molar-refractivity contribution in [3.63, 3.8) is 0 Å². The summed E-state index contributed by atoms with van der Waals surface area (Å²) in [5.41, 5.74) is 1.43. The molecule has 0 aromatic heterocycles. The first kappa shape index (κ1) is 19.1. The SMILES string of the molecule is CC1(C)[C@@H]2C[C@@H]3[C@@H](c4ccc5ccccc5c4)OCCC3(C2)[C@H]1NC(=O)CCO. The normalized spacial score (nSPS) is 34.9. The minimum Gasteiger partial charge on any atom is -0.396 e. The van der Waals surface area contributed by atoms with Gasteiger partial charge in [0.1, 0.15) is 0 Å². The molecule has 29 heavy (non-hydrogen) atoms. The van der Waals surface area contributed by atoms with Crippen molar-refractivity contribution in [3.8, 4) is 0 Å². The average molecular weight is 394 g/mol. The Balaban J connectivity index is 1.50. The lowest BCUT2D eigenvalue weighted by Gasteiger charge is -2.53. The molecule has 4 heteroatoms. The zero-order chi connectivity index (χ0) is 20.2.